The molecule has 0 atom stereocenters. The van der Waals surface area contributed by atoms with Crippen LogP contribution in [0.3, 0.4) is 0 Å². The molecule has 247 valence electrons. The Morgan fingerprint density at radius 1 is 0.720 bits per heavy atom. The van der Waals surface area contributed by atoms with E-state index in [9.17, 15) is 4.39 Å². The Labute approximate surface area is 304 Å². The Bertz CT molecular complexity index is 2600. The van der Waals surface area contributed by atoms with Crippen LogP contribution in [0.2, 0.25) is 19.6 Å². The number of hydrogen-bond acceptors (Lipinski definition) is 3. The third-order valence-electron chi connectivity index (χ3n) is 8.81. The van der Waals surface area contributed by atoms with Gasteiger partial charge in [-0.3, -0.25) is 4.98 Å². The number of benzene rings is 6. The fourth-order valence-electron chi connectivity index (χ4n) is 6.30. The summed E-state index contributed by atoms with van der Waals surface area (Å²) in [6.45, 7) is 7.00. The summed E-state index contributed by atoms with van der Waals surface area (Å²) in [6.07, 6.45) is 2.02. The van der Waals surface area contributed by atoms with Crippen LogP contribution in [0, 0.1) is 17.9 Å². The van der Waals surface area contributed by atoms with E-state index in [0.29, 0.717) is 33.3 Å². The maximum absolute atomic E-state index is 14.7. The second-order valence-corrected chi connectivity index (χ2v) is 18.1. The molecule has 0 aliphatic rings. The fourth-order valence-corrected chi connectivity index (χ4v) is 7.34. The van der Waals surface area contributed by atoms with Gasteiger partial charge in [-0.15, -0.1) is 54.1 Å². The van der Waals surface area contributed by atoms with Crippen molar-refractivity contribution in [2.45, 2.75) is 19.6 Å². The molecular weight excluding hydrogens is 814 g/mol. The number of imidazole rings is 1. The number of rotatable bonds is 4. The molecule has 0 fully saturated rings. The van der Waals surface area contributed by atoms with Crippen LogP contribution >= 0.6 is 0 Å². The Kier molecular flexibility index (Phi) is 9.06. The van der Waals surface area contributed by atoms with E-state index in [2.05, 4.69) is 89.9 Å². The van der Waals surface area contributed by atoms with Crippen molar-refractivity contribution < 1.29 is 28.9 Å². The summed E-state index contributed by atoms with van der Waals surface area (Å²) in [7, 11) is -1.23. The summed E-state index contributed by atoms with van der Waals surface area (Å²) >= 11 is 0. The van der Waals surface area contributed by atoms with E-state index in [0.717, 1.165) is 38.8 Å². The van der Waals surface area contributed by atoms with Crippen molar-refractivity contribution in [3.8, 4) is 28.3 Å². The van der Waals surface area contributed by atoms with E-state index >= 15 is 0 Å². The zero-order chi connectivity index (χ0) is 33.5. The van der Waals surface area contributed by atoms with Crippen LogP contribution in [0.25, 0.3) is 72.1 Å². The molecule has 0 aliphatic heterocycles. The van der Waals surface area contributed by atoms with Gasteiger partial charge in [0.1, 0.15) is 11.4 Å². The van der Waals surface area contributed by atoms with Crippen LogP contribution in [0.15, 0.2) is 144 Å². The van der Waals surface area contributed by atoms with E-state index in [-0.39, 0.29) is 25.9 Å². The molecule has 3 heterocycles. The van der Waals surface area contributed by atoms with Crippen LogP contribution < -0.4 is 5.19 Å². The predicted molar refractivity (Wildman–Crippen MR) is 202 cm³/mol. The van der Waals surface area contributed by atoms with Crippen LogP contribution in [-0.2, 0) is 20.1 Å². The van der Waals surface area contributed by atoms with Gasteiger partial charge >= 0.3 is 0 Å². The van der Waals surface area contributed by atoms with E-state index < -0.39 is 8.07 Å². The standard InChI is InChI=1S/C29H16FN2O.C14H16NSi.Ir/c30-22-13-7-17-26-27(22)20-11-6-12-21(28(20)33-26)29-31-23-14-3-4-15-25(23)32(29)24-16-5-9-18-8-1-2-10-19(18)24;1-16(2,3)13-9-10-14(15-11-13)12-7-5-4-6-8-12;/h1-11,13-17H;4-7,9-11H,1-3H3;/q2*-1;. The van der Waals surface area contributed by atoms with E-state index in [1.807, 2.05) is 72.9 Å². The number of aromatic nitrogens is 3. The summed E-state index contributed by atoms with van der Waals surface area (Å²) < 4.78 is 23.0. The summed E-state index contributed by atoms with van der Waals surface area (Å²) in [6, 6.07) is 49.9. The number of hydrogen-bond donors (Lipinski definition) is 0. The number of furan rings is 1. The predicted octanol–water partition coefficient (Wildman–Crippen LogP) is 10.8. The van der Waals surface area contributed by atoms with Gasteiger partial charge in [0.15, 0.2) is 0 Å². The molecule has 3 aromatic heterocycles. The molecule has 0 amide bonds. The molecular formula is C43H32FIrN3OSi-2. The first-order valence-corrected chi connectivity index (χ1v) is 19.8. The van der Waals surface area contributed by atoms with Crippen molar-refractivity contribution in [1.82, 2.24) is 14.5 Å². The second kappa shape index (κ2) is 13.6. The molecule has 0 bridgehead atoms. The van der Waals surface area contributed by atoms with Gasteiger partial charge in [-0.2, -0.15) is 0 Å². The number of halogens is 1. The molecule has 1 radical (unpaired) electrons. The topological polar surface area (TPSA) is 43.9 Å². The summed E-state index contributed by atoms with van der Waals surface area (Å²) in [5, 5.41) is 4.86. The van der Waals surface area contributed by atoms with Gasteiger partial charge in [-0.1, -0.05) is 97.3 Å². The summed E-state index contributed by atoms with van der Waals surface area (Å²) in [5.41, 5.74) is 6.72. The van der Waals surface area contributed by atoms with Gasteiger partial charge in [-0.05, 0) is 46.6 Å². The molecule has 6 aromatic carbocycles. The maximum atomic E-state index is 14.7. The number of para-hydroxylation sites is 2. The van der Waals surface area contributed by atoms with Crippen LogP contribution in [0.5, 0.6) is 0 Å². The molecule has 4 nitrogen and oxygen atoms in total. The molecule has 7 heteroatoms. The Balaban J connectivity index is 0.000000196. The SMILES string of the molecule is C[Si](C)(C)c1ccc(-c2[c-]cccc2)nc1.Fc1cccc2oc3c(-c4nc5ccccc5n4-c4cccc5ccccc45)[c-]ccc3c12.[Ir]. The third-order valence-corrected chi connectivity index (χ3v) is 10.8. The minimum Gasteiger partial charge on any atom is -0.500 e. The van der Waals surface area contributed by atoms with E-state index in [4.69, 9.17) is 9.40 Å². The number of pyridine rings is 1. The molecule has 0 spiro atoms. The smallest absolute Gasteiger partial charge is 0.133 e. The van der Waals surface area contributed by atoms with E-state index in [1.165, 1.54) is 11.3 Å². The monoisotopic (exact) mass is 846 g/mol. The average molecular weight is 846 g/mol. The van der Waals surface area contributed by atoms with Crippen molar-refractivity contribution in [3.05, 3.63) is 158 Å². The third kappa shape index (κ3) is 6.09. The molecule has 0 unspecified atom stereocenters. The fraction of sp³-hybridized carbons (Fsp3) is 0.0698. The Morgan fingerprint density at radius 3 is 2.30 bits per heavy atom. The van der Waals surface area contributed by atoms with Gasteiger partial charge in [0.25, 0.3) is 0 Å². The average Bonchev–Trinajstić information content (AvgIpc) is 3.71. The minimum atomic E-state index is -1.23. The van der Waals surface area contributed by atoms with Crippen molar-refractivity contribution in [2.75, 3.05) is 0 Å². The molecule has 0 saturated carbocycles. The van der Waals surface area contributed by atoms with Gasteiger partial charge in [0.2, 0.25) is 0 Å². The van der Waals surface area contributed by atoms with Crippen molar-refractivity contribution >= 4 is 57.0 Å². The number of nitrogens with zero attached hydrogens (tertiary/aromatic N) is 3. The van der Waals surface area contributed by atoms with Crippen LogP contribution in [-0.4, -0.2) is 22.6 Å². The van der Waals surface area contributed by atoms with Crippen molar-refractivity contribution in [1.29, 1.82) is 0 Å². The van der Waals surface area contributed by atoms with Crippen LogP contribution in [0.4, 0.5) is 4.39 Å². The van der Waals surface area contributed by atoms with Gasteiger partial charge < -0.3 is 14.0 Å². The van der Waals surface area contributed by atoms with Gasteiger partial charge in [0.05, 0.1) is 30.5 Å². The Morgan fingerprint density at radius 2 is 1.50 bits per heavy atom. The maximum Gasteiger partial charge on any atom is 0.133 e. The molecule has 50 heavy (non-hydrogen) atoms. The zero-order valence-electron chi connectivity index (χ0n) is 27.7. The Hall–Kier alpha value is -5.20. The van der Waals surface area contributed by atoms with E-state index in [1.54, 1.807) is 12.1 Å². The van der Waals surface area contributed by atoms with Crippen LogP contribution in [0.1, 0.15) is 0 Å². The second-order valence-electron chi connectivity index (χ2n) is 13.0. The molecule has 0 aliphatic carbocycles. The molecule has 0 saturated heterocycles. The minimum absolute atomic E-state index is 0. The van der Waals surface area contributed by atoms with Gasteiger partial charge in [0, 0.05) is 42.8 Å². The first-order valence-electron chi connectivity index (χ1n) is 16.3. The summed E-state index contributed by atoms with van der Waals surface area (Å²) in [4.78, 5) is 9.51. The van der Waals surface area contributed by atoms with Crippen molar-refractivity contribution in [2.24, 2.45) is 0 Å². The molecule has 9 rings (SSSR count). The molecule has 0 N–H and O–H groups in total. The van der Waals surface area contributed by atoms with Gasteiger partial charge in [-0.25, -0.2) is 4.39 Å². The first-order chi connectivity index (χ1) is 23.9. The zero-order valence-corrected chi connectivity index (χ0v) is 31.1. The number of fused-ring (bicyclic) bond motifs is 5. The van der Waals surface area contributed by atoms with Crippen molar-refractivity contribution in [3.63, 3.8) is 0 Å². The normalized spacial score (nSPS) is 11.4. The first kappa shape index (κ1) is 33.3. The molecule has 9 aromatic rings. The quantitative estimate of drug-likeness (QED) is 0.131. The summed E-state index contributed by atoms with van der Waals surface area (Å²) in [5.74, 6) is 0.406. The largest absolute Gasteiger partial charge is 0.500 e.